The Hall–Kier alpha value is -3.04. The van der Waals surface area contributed by atoms with Gasteiger partial charge in [0.05, 0.1) is 6.61 Å². The lowest BCUT2D eigenvalue weighted by molar-refractivity contribution is 0.0531. The van der Waals surface area contributed by atoms with E-state index in [1.807, 2.05) is 46.8 Å². The molecule has 2 aromatic heterocycles. The van der Waals surface area contributed by atoms with E-state index in [-0.39, 0.29) is 19.3 Å². The van der Waals surface area contributed by atoms with Gasteiger partial charge in [-0.05, 0) is 63.4 Å². The zero-order valence-corrected chi connectivity index (χ0v) is 18.5. The average molecular weight is 428 g/mol. The number of aliphatic hydroxyl groups excluding tert-OH is 2. The van der Waals surface area contributed by atoms with Crippen molar-refractivity contribution in [1.82, 2.24) is 20.1 Å². The summed E-state index contributed by atoms with van der Waals surface area (Å²) in [5, 5.41) is 25.9. The molecule has 0 spiro atoms. The first-order chi connectivity index (χ1) is 14.8. The Bertz CT molecular complexity index is 1030. The van der Waals surface area contributed by atoms with Crippen LogP contribution >= 0.6 is 0 Å². The van der Waals surface area contributed by atoms with Crippen LogP contribution in [0.1, 0.15) is 37.6 Å². The van der Waals surface area contributed by atoms with Gasteiger partial charge in [0.1, 0.15) is 24.2 Å². The average Bonchev–Trinajstić information content (AvgIpc) is 3.21. The molecule has 0 amide bonds. The van der Waals surface area contributed by atoms with Crippen molar-refractivity contribution in [3.63, 3.8) is 0 Å². The first-order valence-corrected chi connectivity index (χ1v) is 10.3. The maximum absolute atomic E-state index is 9.58. The fraction of sp³-hybridized carbons (Fsp3) is 0.455. The highest BCUT2D eigenvalue weighted by molar-refractivity contribution is 5.63. The first kappa shape index (κ1) is 22.6. The summed E-state index contributed by atoms with van der Waals surface area (Å²) in [4.78, 5) is 13.4. The minimum atomic E-state index is -0.921. The van der Waals surface area contributed by atoms with E-state index in [2.05, 4.69) is 25.4 Å². The highest BCUT2D eigenvalue weighted by atomic mass is 16.5. The molecule has 0 bridgehead atoms. The Morgan fingerprint density at radius 1 is 1.13 bits per heavy atom. The zero-order chi connectivity index (χ0) is 22.5. The number of aliphatic hydroxyl groups is 2. The number of rotatable bonds is 9. The van der Waals surface area contributed by atoms with Gasteiger partial charge in [0.15, 0.2) is 0 Å². The van der Waals surface area contributed by atoms with Gasteiger partial charge in [-0.3, -0.25) is 0 Å². The van der Waals surface area contributed by atoms with E-state index >= 15 is 0 Å². The van der Waals surface area contributed by atoms with Gasteiger partial charge in [-0.1, -0.05) is 12.1 Å². The Kier molecular flexibility index (Phi) is 7.19. The maximum atomic E-state index is 9.58. The third-order valence-corrected chi connectivity index (χ3v) is 4.54. The van der Waals surface area contributed by atoms with Crippen LogP contribution in [0.15, 0.2) is 22.7 Å². The Labute approximate surface area is 181 Å². The van der Waals surface area contributed by atoms with Gasteiger partial charge >= 0.3 is 0 Å². The predicted octanol–water partition coefficient (Wildman–Crippen LogP) is 2.93. The molecule has 0 aliphatic carbocycles. The fourth-order valence-electron chi connectivity index (χ4n) is 3.12. The number of hydrogen-bond donors (Lipinski definition) is 3. The molecule has 3 rings (SSSR count). The van der Waals surface area contributed by atoms with Crippen molar-refractivity contribution < 1.29 is 19.5 Å². The molecule has 0 unspecified atom stereocenters. The summed E-state index contributed by atoms with van der Waals surface area (Å²) in [5.41, 5.74) is 3.98. The largest absolute Gasteiger partial charge is 0.490 e. The molecular formula is C22H29N5O4. The Balaban J connectivity index is 1.90. The Morgan fingerprint density at radius 3 is 2.58 bits per heavy atom. The molecule has 0 aliphatic rings. The fourth-order valence-corrected chi connectivity index (χ4v) is 3.12. The minimum absolute atomic E-state index is 0.0237. The summed E-state index contributed by atoms with van der Waals surface area (Å²) in [5.74, 6) is 1.97. The summed E-state index contributed by atoms with van der Waals surface area (Å²) in [7, 11) is 0. The van der Waals surface area contributed by atoms with Gasteiger partial charge in [-0.15, -0.1) is 0 Å². The molecule has 31 heavy (non-hydrogen) atoms. The number of aromatic nitrogens is 4. The lowest BCUT2D eigenvalue weighted by Gasteiger charge is -2.16. The summed E-state index contributed by atoms with van der Waals surface area (Å²) in [6.45, 7) is 9.53. The number of hydrogen-bond acceptors (Lipinski definition) is 9. The molecule has 0 saturated heterocycles. The van der Waals surface area contributed by atoms with Gasteiger partial charge in [0, 0.05) is 17.3 Å². The molecule has 0 saturated carbocycles. The van der Waals surface area contributed by atoms with Crippen LogP contribution in [0.3, 0.4) is 0 Å². The lowest BCUT2D eigenvalue weighted by Crippen LogP contribution is -2.22. The number of aryl methyl sites for hydroxylation is 3. The van der Waals surface area contributed by atoms with Crippen LogP contribution in [0.4, 0.5) is 5.95 Å². The van der Waals surface area contributed by atoms with Crippen LogP contribution in [0.25, 0.3) is 23.0 Å². The summed E-state index contributed by atoms with van der Waals surface area (Å²) in [6.07, 6.45) is -0.200. The quantitative estimate of drug-likeness (QED) is 0.472. The molecule has 1 aromatic carbocycles. The number of benzene rings is 1. The zero-order valence-electron chi connectivity index (χ0n) is 18.5. The molecule has 1 atom stereocenters. The number of anilines is 1. The molecule has 9 heteroatoms. The number of ether oxygens (including phenoxy) is 1. The molecule has 0 aliphatic heterocycles. The van der Waals surface area contributed by atoms with Crippen molar-refractivity contribution in [2.45, 2.75) is 53.2 Å². The second-order valence-electron chi connectivity index (χ2n) is 7.72. The predicted molar refractivity (Wildman–Crippen MR) is 117 cm³/mol. The van der Waals surface area contributed by atoms with Gasteiger partial charge in [-0.2, -0.15) is 4.98 Å². The number of nitrogens with one attached hydrogen (secondary N) is 1. The minimum Gasteiger partial charge on any atom is -0.490 e. The van der Waals surface area contributed by atoms with Gasteiger partial charge in [0.25, 0.3) is 5.89 Å². The van der Waals surface area contributed by atoms with E-state index in [1.54, 1.807) is 6.07 Å². The van der Waals surface area contributed by atoms with Crippen LogP contribution in [0.2, 0.25) is 0 Å². The molecule has 166 valence electrons. The van der Waals surface area contributed by atoms with E-state index in [4.69, 9.17) is 14.4 Å². The van der Waals surface area contributed by atoms with Crippen LogP contribution in [-0.2, 0) is 6.42 Å². The van der Waals surface area contributed by atoms with Crippen molar-refractivity contribution in [2.75, 3.05) is 18.5 Å². The highest BCUT2D eigenvalue weighted by Crippen LogP contribution is 2.31. The van der Waals surface area contributed by atoms with Crippen LogP contribution in [0.5, 0.6) is 5.75 Å². The highest BCUT2D eigenvalue weighted by Gasteiger charge is 2.17. The van der Waals surface area contributed by atoms with Crippen molar-refractivity contribution >= 4 is 5.95 Å². The van der Waals surface area contributed by atoms with Gasteiger partial charge < -0.3 is 24.8 Å². The van der Waals surface area contributed by atoms with Crippen molar-refractivity contribution in [2.24, 2.45) is 0 Å². The second-order valence-corrected chi connectivity index (χ2v) is 7.72. The molecule has 0 fully saturated rings. The van der Waals surface area contributed by atoms with E-state index < -0.39 is 6.10 Å². The third-order valence-electron chi connectivity index (χ3n) is 4.54. The standard InChI is InChI=1S/C22H29N5O4/c1-6-15-9-16(7-13(4)19(15)30-11-17(29)10-28)20-26-21(31-27-20)18-8-14(5)24-22(25-18)23-12(2)3/h7-9,12,17,28-29H,6,10-11H2,1-5H3,(H,23,24,25)/t17-/m0/s1. The summed E-state index contributed by atoms with van der Waals surface area (Å²) < 4.78 is 11.2. The molecule has 3 N–H and O–H groups in total. The summed E-state index contributed by atoms with van der Waals surface area (Å²) >= 11 is 0. The van der Waals surface area contributed by atoms with Gasteiger partial charge in [-0.25, -0.2) is 9.97 Å². The monoisotopic (exact) mass is 427 g/mol. The molecule has 2 heterocycles. The molecule has 3 aromatic rings. The van der Waals surface area contributed by atoms with Crippen molar-refractivity contribution in [3.05, 3.63) is 35.0 Å². The SMILES string of the molecule is CCc1cc(-c2noc(-c3cc(C)nc(NC(C)C)n3)n2)cc(C)c1OC[C@@H](O)CO. The van der Waals surface area contributed by atoms with Gasteiger partial charge in [0.2, 0.25) is 11.8 Å². The molecular weight excluding hydrogens is 398 g/mol. The topological polar surface area (TPSA) is 126 Å². The molecule has 0 radical (unpaired) electrons. The lowest BCUT2D eigenvalue weighted by atomic mass is 10.0. The maximum Gasteiger partial charge on any atom is 0.277 e. The van der Waals surface area contributed by atoms with Crippen LogP contribution < -0.4 is 10.1 Å². The smallest absolute Gasteiger partial charge is 0.277 e. The molecule has 9 nitrogen and oxygen atoms in total. The normalized spacial score (nSPS) is 12.3. The van der Waals surface area contributed by atoms with E-state index in [9.17, 15) is 5.11 Å². The third kappa shape index (κ3) is 5.56. The van der Waals surface area contributed by atoms with E-state index in [1.165, 1.54) is 0 Å². The summed E-state index contributed by atoms with van der Waals surface area (Å²) in [6, 6.07) is 5.85. The van der Waals surface area contributed by atoms with E-state index in [0.717, 1.165) is 28.8 Å². The Morgan fingerprint density at radius 2 is 1.90 bits per heavy atom. The first-order valence-electron chi connectivity index (χ1n) is 10.3. The van der Waals surface area contributed by atoms with Crippen LogP contribution in [0, 0.1) is 13.8 Å². The van der Waals surface area contributed by atoms with E-state index in [0.29, 0.717) is 29.1 Å². The van der Waals surface area contributed by atoms with Crippen molar-refractivity contribution in [1.29, 1.82) is 0 Å². The van der Waals surface area contributed by atoms with Crippen molar-refractivity contribution in [3.8, 4) is 28.7 Å². The second kappa shape index (κ2) is 9.84. The van der Waals surface area contributed by atoms with Crippen LogP contribution in [-0.4, -0.2) is 55.7 Å². The number of nitrogens with zero attached hydrogens (tertiary/aromatic N) is 4.